The predicted molar refractivity (Wildman–Crippen MR) is 101 cm³/mol. The molecule has 128 valence electrons. The third kappa shape index (κ3) is 3.60. The Morgan fingerprint density at radius 1 is 1.20 bits per heavy atom. The van der Waals surface area contributed by atoms with Crippen LogP contribution in [-0.2, 0) is 12.8 Å². The maximum atomic E-state index is 12.9. The Bertz CT molecular complexity index is 922. The maximum absolute atomic E-state index is 12.9. The lowest BCUT2D eigenvalue weighted by Gasteiger charge is -2.01. The highest BCUT2D eigenvalue weighted by Gasteiger charge is 2.13. The lowest BCUT2D eigenvalue weighted by molar-refractivity contribution is 0.790. The van der Waals surface area contributed by atoms with Gasteiger partial charge in [0.1, 0.15) is 0 Å². The second kappa shape index (κ2) is 7.75. The molecule has 5 heteroatoms. The van der Waals surface area contributed by atoms with Gasteiger partial charge in [0, 0.05) is 18.1 Å². The first kappa shape index (κ1) is 16.9. The van der Waals surface area contributed by atoms with Crippen LogP contribution in [0.15, 0.2) is 58.6 Å². The number of aliphatic imine (C=N–C) groups is 1. The van der Waals surface area contributed by atoms with Gasteiger partial charge >= 0.3 is 0 Å². The van der Waals surface area contributed by atoms with E-state index >= 15 is 0 Å². The maximum Gasteiger partial charge on any atom is 0.280 e. The van der Waals surface area contributed by atoms with Crippen molar-refractivity contribution in [2.24, 2.45) is 4.99 Å². The van der Waals surface area contributed by atoms with Crippen molar-refractivity contribution in [2.75, 3.05) is 0 Å². The molecule has 0 bridgehead atoms. The lowest BCUT2D eigenvalue weighted by Crippen LogP contribution is -2.17. The van der Waals surface area contributed by atoms with E-state index in [1.54, 1.807) is 18.6 Å². The first-order chi connectivity index (χ1) is 12.2. The number of aryl methyl sites for hydroxylation is 2. The number of hydrogen-bond acceptors (Lipinski definition) is 3. The van der Waals surface area contributed by atoms with Crippen LogP contribution in [0.2, 0.25) is 0 Å². The number of benzene rings is 1. The Balaban J connectivity index is 2.04. The fraction of sp³-hybridized carbons (Fsp3) is 0.250. The van der Waals surface area contributed by atoms with E-state index in [9.17, 15) is 4.79 Å². The summed E-state index contributed by atoms with van der Waals surface area (Å²) in [7, 11) is 0. The van der Waals surface area contributed by atoms with Crippen LogP contribution in [0, 0.1) is 0 Å². The summed E-state index contributed by atoms with van der Waals surface area (Å²) >= 11 is 0. The van der Waals surface area contributed by atoms with E-state index in [1.807, 2.05) is 30.3 Å². The molecule has 0 fully saturated rings. The van der Waals surface area contributed by atoms with Crippen molar-refractivity contribution in [2.45, 2.75) is 33.1 Å². The Labute approximate surface area is 147 Å². The molecule has 5 nitrogen and oxygen atoms in total. The molecule has 2 aromatic heterocycles. The van der Waals surface area contributed by atoms with Gasteiger partial charge < -0.3 is 0 Å². The third-order valence-electron chi connectivity index (χ3n) is 4.11. The first-order valence-corrected chi connectivity index (χ1v) is 8.60. The molecule has 0 atom stereocenters. The van der Waals surface area contributed by atoms with Gasteiger partial charge in [-0.05, 0) is 36.6 Å². The van der Waals surface area contributed by atoms with E-state index in [0.29, 0.717) is 5.56 Å². The molecular formula is C20H22N4O. The summed E-state index contributed by atoms with van der Waals surface area (Å²) < 4.78 is 1.53. The van der Waals surface area contributed by atoms with Crippen molar-refractivity contribution in [1.29, 1.82) is 0 Å². The van der Waals surface area contributed by atoms with Crippen LogP contribution >= 0.6 is 0 Å². The smallest absolute Gasteiger partial charge is 0.280 e. The number of aromatic amines is 1. The summed E-state index contributed by atoms with van der Waals surface area (Å²) in [6, 6.07) is 11.7. The van der Waals surface area contributed by atoms with E-state index in [4.69, 9.17) is 0 Å². The first-order valence-electron chi connectivity index (χ1n) is 8.60. The number of nitrogens with one attached hydrogen (secondary N) is 1. The van der Waals surface area contributed by atoms with E-state index in [0.717, 1.165) is 36.3 Å². The summed E-state index contributed by atoms with van der Waals surface area (Å²) in [5.41, 5.74) is 4.19. The standard InChI is InChI=1S/C20H22N4O/c1-3-8-19-17(14-22-18-11-6-5-9-15(18)4-2)20(25)24(23-19)16-10-7-12-21-13-16/h5-7,9-14,23H,3-4,8H2,1-2H3. The normalized spacial score (nSPS) is 11.3. The molecule has 0 spiro atoms. The SMILES string of the molecule is CCCc1[nH]n(-c2cccnc2)c(=O)c1C=Nc1ccccc1CC. The molecule has 0 aliphatic carbocycles. The summed E-state index contributed by atoms with van der Waals surface area (Å²) in [4.78, 5) is 21.5. The Morgan fingerprint density at radius 2 is 2.04 bits per heavy atom. The van der Waals surface area contributed by atoms with Gasteiger partial charge in [0.25, 0.3) is 5.56 Å². The second-order valence-corrected chi connectivity index (χ2v) is 5.85. The van der Waals surface area contributed by atoms with E-state index in [1.165, 1.54) is 10.2 Å². The van der Waals surface area contributed by atoms with Crippen molar-refractivity contribution in [3.8, 4) is 5.69 Å². The van der Waals surface area contributed by atoms with Gasteiger partial charge in [0.15, 0.2) is 0 Å². The van der Waals surface area contributed by atoms with E-state index in [2.05, 4.69) is 35.0 Å². The Morgan fingerprint density at radius 3 is 2.76 bits per heavy atom. The molecule has 0 saturated carbocycles. The van der Waals surface area contributed by atoms with E-state index in [-0.39, 0.29) is 5.56 Å². The van der Waals surface area contributed by atoms with Crippen molar-refractivity contribution >= 4 is 11.9 Å². The Kier molecular flexibility index (Phi) is 5.23. The minimum atomic E-state index is -0.103. The molecule has 0 aliphatic heterocycles. The molecule has 0 amide bonds. The number of pyridine rings is 1. The lowest BCUT2D eigenvalue weighted by atomic mass is 10.1. The summed E-state index contributed by atoms with van der Waals surface area (Å²) in [6.07, 6.45) is 7.68. The van der Waals surface area contributed by atoms with E-state index < -0.39 is 0 Å². The highest BCUT2D eigenvalue weighted by Crippen LogP contribution is 2.19. The van der Waals surface area contributed by atoms with Crippen LogP contribution in [0.4, 0.5) is 5.69 Å². The number of rotatable bonds is 6. The van der Waals surface area contributed by atoms with Crippen LogP contribution in [0.3, 0.4) is 0 Å². The van der Waals surface area contributed by atoms with Gasteiger partial charge in [0.05, 0.1) is 23.1 Å². The zero-order valence-electron chi connectivity index (χ0n) is 14.6. The van der Waals surface area contributed by atoms with Gasteiger partial charge in [-0.2, -0.15) is 0 Å². The monoisotopic (exact) mass is 334 g/mol. The Hall–Kier alpha value is -2.95. The second-order valence-electron chi connectivity index (χ2n) is 5.85. The van der Waals surface area contributed by atoms with Crippen LogP contribution in [0.25, 0.3) is 5.69 Å². The zero-order chi connectivity index (χ0) is 17.6. The summed E-state index contributed by atoms with van der Waals surface area (Å²) in [5.74, 6) is 0. The van der Waals surface area contributed by atoms with Gasteiger partial charge in [-0.1, -0.05) is 38.5 Å². The van der Waals surface area contributed by atoms with Crippen molar-refractivity contribution in [3.05, 3.63) is 76.0 Å². The number of nitrogens with zero attached hydrogens (tertiary/aromatic N) is 3. The molecule has 1 N–H and O–H groups in total. The van der Waals surface area contributed by atoms with Crippen LogP contribution in [0.1, 0.15) is 37.1 Å². The minimum absolute atomic E-state index is 0.103. The number of para-hydroxylation sites is 1. The third-order valence-corrected chi connectivity index (χ3v) is 4.11. The van der Waals surface area contributed by atoms with Gasteiger partial charge in [0.2, 0.25) is 0 Å². The fourth-order valence-electron chi connectivity index (χ4n) is 2.81. The van der Waals surface area contributed by atoms with Gasteiger partial charge in [-0.15, -0.1) is 0 Å². The van der Waals surface area contributed by atoms with Crippen LogP contribution < -0.4 is 5.56 Å². The molecule has 0 saturated heterocycles. The quantitative estimate of drug-likeness (QED) is 0.696. The average molecular weight is 334 g/mol. The van der Waals surface area contributed by atoms with Crippen molar-refractivity contribution in [1.82, 2.24) is 14.8 Å². The van der Waals surface area contributed by atoms with Crippen molar-refractivity contribution in [3.63, 3.8) is 0 Å². The van der Waals surface area contributed by atoms with Crippen LogP contribution in [-0.4, -0.2) is 21.0 Å². The average Bonchev–Trinajstić information content (AvgIpc) is 2.97. The molecule has 25 heavy (non-hydrogen) atoms. The molecular weight excluding hydrogens is 312 g/mol. The predicted octanol–water partition coefficient (Wildman–Crippen LogP) is 3.83. The molecule has 3 aromatic rings. The number of hydrogen-bond donors (Lipinski definition) is 1. The largest absolute Gasteiger partial charge is 0.294 e. The van der Waals surface area contributed by atoms with Gasteiger partial charge in [-0.3, -0.25) is 19.9 Å². The minimum Gasteiger partial charge on any atom is -0.294 e. The zero-order valence-corrected chi connectivity index (χ0v) is 14.6. The number of H-pyrrole nitrogens is 1. The highest BCUT2D eigenvalue weighted by molar-refractivity contribution is 5.83. The molecule has 2 heterocycles. The van der Waals surface area contributed by atoms with Crippen LogP contribution in [0.5, 0.6) is 0 Å². The summed E-state index contributed by atoms with van der Waals surface area (Å²) in [5, 5.41) is 3.21. The van der Waals surface area contributed by atoms with Gasteiger partial charge in [-0.25, -0.2) is 4.68 Å². The topological polar surface area (TPSA) is 63.0 Å². The molecule has 0 unspecified atom stereocenters. The number of aromatic nitrogens is 3. The molecule has 1 aromatic carbocycles. The van der Waals surface area contributed by atoms with Crippen molar-refractivity contribution < 1.29 is 0 Å². The summed E-state index contributed by atoms with van der Waals surface area (Å²) in [6.45, 7) is 4.19. The highest BCUT2D eigenvalue weighted by atomic mass is 16.1. The molecule has 3 rings (SSSR count). The fourth-order valence-corrected chi connectivity index (χ4v) is 2.81. The molecule has 0 aliphatic rings. The molecule has 0 radical (unpaired) electrons.